The Morgan fingerprint density at radius 2 is 0.475 bits per heavy atom. The Bertz CT molecular complexity index is 1930. The average molecular weight is 1480 g/mol. The molecule has 0 heterocycles. The van der Waals surface area contributed by atoms with Crippen molar-refractivity contribution in [3.05, 3.63) is 0 Å². The highest BCUT2D eigenvalue weighted by molar-refractivity contribution is 7.47. The fourth-order valence-electron chi connectivity index (χ4n) is 12.7. The van der Waals surface area contributed by atoms with Gasteiger partial charge in [-0.05, 0) is 31.6 Å². The van der Waals surface area contributed by atoms with Crippen LogP contribution >= 0.6 is 15.6 Å². The molecule has 0 aromatic rings. The maximum atomic E-state index is 13.1. The molecule has 0 aliphatic rings. The summed E-state index contributed by atoms with van der Waals surface area (Å²) in [6.07, 6.45) is 66.5. The van der Waals surface area contributed by atoms with Crippen molar-refractivity contribution in [3.63, 3.8) is 0 Å². The Kier molecular flexibility index (Phi) is 73.5. The van der Waals surface area contributed by atoms with E-state index in [1.54, 1.807) is 0 Å². The van der Waals surface area contributed by atoms with Crippen LogP contribution in [0.1, 0.15) is 439 Å². The van der Waals surface area contributed by atoms with Crippen LogP contribution < -0.4 is 0 Å². The number of carbonyl (C=O) groups excluding carboxylic acids is 4. The molecule has 0 aliphatic carbocycles. The molecule has 0 spiro atoms. The van der Waals surface area contributed by atoms with Gasteiger partial charge in [0.15, 0.2) is 12.2 Å². The lowest BCUT2D eigenvalue weighted by molar-refractivity contribution is -0.161. The topological polar surface area (TPSA) is 237 Å². The normalized spacial score (nSPS) is 14.1. The summed E-state index contributed by atoms with van der Waals surface area (Å²) in [7, 11) is -9.92. The third-order valence-corrected chi connectivity index (χ3v) is 21.5. The third-order valence-electron chi connectivity index (χ3n) is 19.6. The van der Waals surface area contributed by atoms with Gasteiger partial charge in [0, 0.05) is 25.7 Å². The van der Waals surface area contributed by atoms with Crippen molar-refractivity contribution in [1.82, 2.24) is 0 Å². The largest absolute Gasteiger partial charge is 0.472 e. The molecule has 0 aromatic carbocycles. The molecule has 0 amide bonds. The quantitative estimate of drug-likeness (QED) is 0.0222. The molecule has 0 aliphatic heterocycles. The van der Waals surface area contributed by atoms with E-state index < -0.39 is 97.5 Å². The van der Waals surface area contributed by atoms with Crippen molar-refractivity contribution >= 4 is 39.5 Å². The number of phosphoric acid groups is 2. The monoisotopic (exact) mass is 1480 g/mol. The number of ether oxygens (including phenoxy) is 4. The van der Waals surface area contributed by atoms with Gasteiger partial charge < -0.3 is 33.8 Å². The minimum Gasteiger partial charge on any atom is -0.462 e. The minimum absolute atomic E-state index is 0.108. The molecule has 17 nitrogen and oxygen atoms in total. The van der Waals surface area contributed by atoms with Crippen LogP contribution in [0, 0.1) is 5.92 Å². The number of aliphatic hydroxyl groups is 1. The molecule has 0 saturated heterocycles. The van der Waals surface area contributed by atoms with Gasteiger partial charge in [-0.3, -0.25) is 37.3 Å². The predicted molar refractivity (Wildman–Crippen MR) is 414 cm³/mol. The smallest absolute Gasteiger partial charge is 0.462 e. The van der Waals surface area contributed by atoms with Gasteiger partial charge >= 0.3 is 39.5 Å². The first-order valence-corrected chi connectivity index (χ1v) is 45.7. The number of hydrogen-bond donors (Lipinski definition) is 3. The number of rotatable bonds is 82. The first kappa shape index (κ1) is 99.1. The van der Waals surface area contributed by atoms with E-state index in [9.17, 15) is 43.2 Å². The summed E-state index contributed by atoms with van der Waals surface area (Å²) in [5.41, 5.74) is 0. The highest BCUT2D eigenvalue weighted by atomic mass is 31.2. The third kappa shape index (κ3) is 74.7. The Balaban J connectivity index is 5.20. The maximum Gasteiger partial charge on any atom is 0.472 e. The van der Waals surface area contributed by atoms with Crippen LogP contribution in [0.4, 0.5) is 0 Å². The number of hydrogen-bond acceptors (Lipinski definition) is 15. The Labute approximate surface area is 619 Å². The van der Waals surface area contributed by atoms with E-state index in [0.29, 0.717) is 25.7 Å². The predicted octanol–water partition coefficient (Wildman–Crippen LogP) is 24.8. The zero-order valence-electron chi connectivity index (χ0n) is 66.1. The second-order valence-corrected chi connectivity index (χ2v) is 32.7. The second kappa shape index (κ2) is 74.9. The van der Waals surface area contributed by atoms with Crippen LogP contribution in [0.5, 0.6) is 0 Å². The van der Waals surface area contributed by atoms with Crippen molar-refractivity contribution in [1.29, 1.82) is 0 Å². The summed E-state index contributed by atoms with van der Waals surface area (Å²) in [6, 6.07) is 0. The molecule has 0 bridgehead atoms. The summed E-state index contributed by atoms with van der Waals surface area (Å²) in [5.74, 6) is -1.23. The van der Waals surface area contributed by atoms with Gasteiger partial charge in [-0.25, -0.2) is 9.13 Å². The summed E-state index contributed by atoms with van der Waals surface area (Å²) in [4.78, 5) is 73.0. The Hall–Kier alpha value is -1.94. The van der Waals surface area contributed by atoms with Crippen molar-refractivity contribution in [3.8, 4) is 0 Å². The number of esters is 4. The summed E-state index contributed by atoms with van der Waals surface area (Å²) >= 11 is 0. The average Bonchev–Trinajstić information content (AvgIpc) is 1.04. The molecular formula is C82H160O17P2. The number of phosphoric ester groups is 2. The zero-order valence-corrected chi connectivity index (χ0v) is 67.8. The lowest BCUT2D eigenvalue weighted by atomic mass is 9.99. The molecule has 0 radical (unpaired) electrons. The molecule has 0 rings (SSSR count). The molecule has 0 fully saturated rings. The van der Waals surface area contributed by atoms with Gasteiger partial charge in [0.05, 0.1) is 26.4 Å². The van der Waals surface area contributed by atoms with Crippen molar-refractivity contribution in [2.75, 3.05) is 39.6 Å². The van der Waals surface area contributed by atoms with E-state index in [1.165, 1.54) is 263 Å². The standard InChI is InChI=1S/C82H160O17P2/c1-6-10-13-16-19-22-24-26-28-34-38-41-46-51-56-61-66-80(85)93-72-78(99-82(87)68-63-58-53-48-43-39-35-32-30-29-31-33-36-40-45-49-54-59-64-75(5)9-4)74-97-101(90,91)95-70-76(83)69-94-100(88,89)96-73-77(71-92-79(84)65-60-55-50-44-21-18-15-12-8-3)98-81(86)67-62-57-52-47-42-37-27-25-23-20-17-14-11-7-2/h75-78,83H,6-74H2,1-5H3,(H,88,89)(H,90,91)/t75?,76-,77+,78+/m0/s1. The lowest BCUT2D eigenvalue weighted by Gasteiger charge is -2.21. The van der Waals surface area contributed by atoms with Crippen molar-refractivity contribution in [2.45, 2.75) is 457 Å². The van der Waals surface area contributed by atoms with Crippen LogP contribution in [0.15, 0.2) is 0 Å². The van der Waals surface area contributed by atoms with Gasteiger partial charge in [0.2, 0.25) is 0 Å². The molecule has 101 heavy (non-hydrogen) atoms. The van der Waals surface area contributed by atoms with Gasteiger partial charge in [-0.2, -0.15) is 0 Å². The highest BCUT2D eigenvalue weighted by Gasteiger charge is 2.30. The SMILES string of the molecule is CCCCCCCCCCCCCCCCCCC(=O)OC[C@H](COP(=O)(O)OC[C@@H](O)COP(=O)(O)OC[C@@H](COC(=O)CCCCCCCCCCC)OC(=O)CCCCCCCCCCCCCCCC)OC(=O)CCCCCCCCCCCCCCCCCCCCC(C)CC. The number of unbranched alkanes of at least 4 members (excludes halogenated alkanes) is 53. The van der Waals surface area contributed by atoms with Crippen molar-refractivity contribution in [2.24, 2.45) is 5.92 Å². The van der Waals surface area contributed by atoms with Gasteiger partial charge in [-0.1, -0.05) is 388 Å². The summed E-state index contributed by atoms with van der Waals surface area (Å²) < 4.78 is 68.7. The lowest BCUT2D eigenvalue weighted by Crippen LogP contribution is -2.30. The van der Waals surface area contributed by atoms with Gasteiger partial charge in [0.25, 0.3) is 0 Å². The molecular weight excluding hydrogens is 1320 g/mol. The molecule has 600 valence electrons. The molecule has 0 saturated carbocycles. The maximum absolute atomic E-state index is 13.1. The van der Waals surface area contributed by atoms with Crippen LogP contribution in [0.2, 0.25) is 0 Å². The molecule has 19 heteroatoms. The van der Waals surface area contributed by atoms with Crippen molar-refractivity contribution < 1.29 is 80.2 Å². The number of carbonyl (C=O) groups is 4. The zero-order chi connectivity index (χ0) is 74.1. The second-order valence-electron chi connectivity index (χ2n) is 29.8. The number of aliphatic hydroxyl groups excluding tert-OH is 1. The molecule has 3 N–H and O–H groups in total. The van der Waals surface area contributed by atoms with E-state index in [1.807, 2.05) is 0 Å². The van der Waals surface area contributed by atoms with Gasteiger partial charge in [0.1, 0.15) is 19.3 Å². The van der Waals surface area contributed by atoms with E-state index in [4.69, 9.17) is 37.0 Å². The summed E-state index contributed by atoms with van der Waals surface area (Å²) in [6.45, 7) is 7.39. The van der Waals surface area contributed by atoms with E-state index in [2.05, 4.69) is 34.6 Å². The first-order chi connectivity index (χ1) is 49.1. The van der Waals surface area contributed by atoms with E-state index >= 15 is 0 Å². The first-order valence-electron chi connectivity index (χ1n) is 42.7. The minimum atomic E-state index is -4.96. The fourth-order valence-corrected chi connectivity index (χ4v) is 14.3. The van der Waals surface area contributed by atoms with E-state index in [0.717, 1.165) is 95.8 Å². The fraction of sp³-hybridized carbons (Fsp3) is 0.951. The van der Waals surface area contributed by atoms with Crippen LogP contribution in [0.25, 0.3) is 0 Å². The van der Waals surface area contributed by atoms with Crippen LogP contribution in [-0.2, 0) is 65.4 Å². The molecule has 0 aromatic heterocycles. The Morgan fingerprint density at radius 1 is 0.277 bits per heavy atom. The molecule has 6 atom stereocenters. The molecule has 3 unspecified atom stereocenters. The van der Waals surface area contributed by atoms with Gasteiger partial charge in [-0.15, -0.1) is 0 Å². The van der Waals surface area contributed by atoms with E-state index in [-0.39, 0.29) is 25.7 Å². The highest BCUT2D eigenvalue weighted by Crippen LogP contribution is 2.45. The van der Waals surface area contributed by atoms with Crippen LogP contribution in [-0.4, -0.2) is 96.7 Å². The summed E-state index contributed by atoms with van der Waals surface area (Å²) in [5, 5.41) is 10.6. The Morgan fingerprint density at radius 3 is 0.703 bits per heavy atom. The van der Waals surface area contributed by atoms with Crippen LogP contribution in [0.3, 0.4) is 0 Å².